The lowest BCUT2D eigenvalue weighted by atomic mass is 9.92. The van der Waals surface area contributed by atoms with Gasteiger partial charge in [0, 0.05) is 25.8 Å². The Morgan fingerprint density at radius 2 is 0.653 bits per heavy atom. The Morgan fingerprint density at radius 1 is 0.376 bits per heavy atom. The maximum Gasteiger partial charge on any atom is 0.350 e. The summed E-state index contributed by atoms with van der Waals surface area (Å²) in [6.07, 6.45) is 44.8. The van der Waals surface area contributed by atoms with Gasteiger partial charge >= 0.3 is 25.5 Å². The molecule has 1 saturated heterocycles. The van der Waals surface area contributed by atoms with Gasteiger partial charge in [-0.2, -0.15) is 0 Å². The molecule has 101 heavy (non-hydrogen) atoms. The van der Waals surface area contributed by atoms with Crippen LogP contribution < -0.4 is 16.0 Å². The molecule has 5 unspecified atom stereocenters. The molecule has 3 amide bonds. The Hall–Kier alpha value is -3.19. The maximum atomic E-state index is 14.8. The van der Waals surface area contributed by atoms with Crippen molar-refractivity contribution in [3.05, 3.63) is 0 Å². The van der Waals surface area contributed by atoms with Crippen molar-refractivity contribution in [3.63, 3.8) is 0 Å². The van der Waals surface area contributed by atoms with Gasteiger partial charge in [0.25, 0.3) is 0 Å². The van der Waals surface area contributed by atoms with E-state index >= 15 is 0 Å². The smallest absolute Gasteiger partial charge is 0.350 e. The summed E-state index contributed by atoms with van der Waals surface area (Å²) in [4.78, 5) is 104. The highest BCUT2D eigenvalue weighted by molar-refractivity contribution is 7.51. The van der Waals surface area contributed by atoms with Crippen molar-refractivity contribution in [3.8, 4) is 0 Å². The van der Waals surface area contributed by atoms with E-state index in [-0.39, 0.29) is 63.6 Å². The van der Waals surface area contributed by atoms with Gasteiger partial charge in [0.2, 0.25) is 17.7 Å². The summed E-state index contributed by atoms with van der Waals surface area (Å²) < 4.78 is 49.6. The molecular formula is C81H154N3O16P. The molecule has 0 aromatic carbocycles. The highest BCUT2D eigenvalue weighted by atomic mass is 31.2. The minimum absolute atomic E-state index is 0.0595. The molecule has 0 radical (unpaired) electrons. The zero-order valence-electron chi connectivity index (χ0n) is 65.3. The molecule has 20 heteroatoms. The lowest BCUT2D eigenvalue weighted by molar-refractivity contribution is -0.254. The quantitative estimate of drug-likeness (QED) is 0.0143. The van der Waals surface area contributed by atoms with Crippen molar-refractivity contribution >= 4 is 43.2 Å². The topological polar surface area (TPSA) is 272 Å². The van der Waals surface area contributed by atoms with Crippen LogP contribution in [0.25, 0.3) is 0 Å². The Bertz CT molecular complexity index is 2050. The fraction of sp³-hybridized carbons (Fsp3) is 0.926. The molecule has 594 valence electrons. The van der Waals surface area contributed by atoms with E-state index in [0.29, 0.717) is 44.9 Å². The van der Waals surface area contributed by atoms with E-state index in [1.165, 1.54) is 116 Å². The number of carbonyl (C=O) groups excluding carboxylic acids is 6. The van der Waals surface area contributed by atoms with Crippen molar-refractivity contribution in [1.82, 2.24) is 16.0 Å². The van der Waals surface area contributed by atoms with Crippen LogP contribution in [0.4, 0.5) is 0 Å². The number of aliphatic hydroxyl groups excluding tert-OH is 1. The number of rotatable bonds is 73. The van der Waals surface area contributed by atoms with E-state index in [1.54, 1.807) is 0 Å². The summed E-state index contributed by atoms with van der Waals surface area (Å²) in [7, 11) is -4.90. The first-order valence-corrected chi connectivity index (χ1v) is 43.8. The van der Waals surface area contributed by atoms with Crippen LogP contribution in [-0.2, 0) is 61.8 Å². The highest BCUT2D eigenvalue weighted by Gasteiger charge is 2.49. The predicted octanol–water partition coefficient (Wildman–Crippen LogP) is 19.4. The van der Waals surface area contributed by atoms with Gasteiger partial charge in [-0.1, -0.05) is 311 Å². The standard InChI is InChI=1S/C81H154N3O16P/c1-7-13-19-25-31-34-40-43-49-55-68(97-75(89)58-52-46-37-28-22-16-10-4)63-72(86)82-61-62-95-81-79(84-74(88)65-70(57-51-45-42-36-33-27-21-15-9-3)99-77(91)60-54-48-39-30-24-18-12-6)78(80(71(66-85)100-81)96-67-101(92,93)94)83-73(87)64-69(56-50-44-41-35-32-26-20-14-8-2)98-76(90)59-53-47-38-29-23-17-11-5/h68-71,78-81,85H,7-67H2,1-6H3,(H,82,86)(H,83,87)(H,84,88)(H2,92,93,94)/t68-,69-,70-,71?,78?,79?,80?,81?/m1/s1. The largest absolute Gasteiger partial charge is 0.462 e. The van der Waals surface area contributed by atoms with Crippen LogP contribution in [0.5, 0.6) is 0 Å². The van der Waals surface area contributed by atoms with Crippen molar-refractivity contribution in [1.29, 1.82) is 0 Å². The lowest BCUT2D eigenvalue weighted by Gasteiger charge is -2.46. The van der Waals surface area contributed by atoms with Gasteiger partial charge in [0.1, 0.15) is 42.9 Å². The zero-order valence-corrected chi connectivity index (χ0v) is 66.2. The molecular weight excluding hydrogens is 1300 g/mol. The van der Waals surface area contributed by atoms with Gasteiger partial charge in [0.15, 0.2) is 6.29 Å². The van der Waals surface area contributed by atoms with Crippen molar-refractivity contribution in [2.45, 2.75) is 456 Å². The van der Waals surface area contributed by atoms with Gasteiger partial charge in [-0.05, 0) is 57.8 Å². The zero-order chi connectivity index (χ0) is 74.1. The number of carbonyl (C=O) groups is 6. The molecule has 8 atom stereocenters. The summed E-state index contributed by atoms with van der Waals surface area (Å²) in [6.45, 7) is 12.1. The van der Waals surface area contributed by atoms with Gasteiger partial charge in [0.05, 0.1) is 38.5 Å². The molecule has 0 spiro atoms. The summed E-state index contributed by atoms with van der Waals surface area (Å²) in [5.41, 5.74) is 0. The number of amides is 3. The van der Waals surface area contributed by atoms with Crippen LogP contribution >= 0.6 is 7.60 Å². The number of hydrogen-bond acceptors (Lipinski definition) is 14. The predicted molar refractivity (Wildman–Crippen MR) is 407 cm³/mol. The molecule has 19 nitrogen and oxygen atoms in total. The van der Waals surface area contributed by atoms with E-state index in [9.17, 15) is 48.2 Å². The molecule has 0 saturated carbocycles. The van der Waals surface area contributed by atoms with Crippen molar-refractivity contribution in [2.24, 2.45) is 0 Å². The molecule has 0 bridgehead atoms. The van der Waals surface area contributed by atoms with E-state index < -0.39 is 93.2 Å². The normalized spacial score (nSPS) is 17.1. The summed E-state index contributed by atoms with van der Waals surface area (Å²) >= 11 is 0. The minimum Gasteiger partial charge on any atom is -0.462 e. The second-order valence-corrected chi connectivity index (χ2v) is 31.1. The van der Waals surface area contributed by atoms with Crippen molar-refractivity contribution in [2.75, 3.05) is 26.1 Å². The number of aliphatic hydroxyl groups is 1. The average molecular weight is 1460 g/mol. The van der Waals surface area contributed by atoms with Gasteiger partial charge in [-0.3, -0.25) is 33.3 Å². The lowest BCUT2D eigenvalue weighted by Crippen LogP contribution is -2.70. The van der Waals surface area contributed by atoms with E-state index in [4.69, 9.17) is 28.4 Å². The van der Waals surface area contributed by atoms with Crippen LogP contribution in [0.2, 0.25) is 0 Å². The van der Waals surface area contributed by atoms with E-state index in [2.05, 4.69) is 57.5 Å². The molecule has 1 aliphatic heterocycles. The first kappa shape index (κ1) is 95.8. The Morgan fingerprint density at radius 3 is 0.950 bits per heavy atom. The van der Waals surface area contributed by atoms with E-state index in [1.807, 2.05) is 0 Å². The van der Waals surface area contributed by atoms with Gasteiger partial charge < -0.3 is 59.3 Å². The summed E-state index contributed by atoms with van der Waals surface area (Å²) in [5.74, 6) is -2.68. The van der Waals surface area contributed by atoms with E-state index in [0.717, 1.165) is 167 Å². The third-order valence-electron chi connectivity index (χ3n) is 19.7. The molecule has 0 aromatic heterocycles. The molecule has 1 rings (SSSR count). The Labute approximate surface area is 615 Å². The van der Waals surface area contributed by atoms with Crippen LogP contribution in [-0.4, -0.2) is 126 Å². The monoisotopic (exact) mass is 1460 g/mol. The Kier molecular flexibility index (Phi) is 64.0. The van der Waals surface area contributed by atoms with Crippen LogP contribution in [0.15, 0.2) is 0 Å². The number of nitrogens with one attached hydrogen (secondary N) is 3. The molecule has 1 aliphatic rings. The SMILES string of the molecule is CCCCCCCCCCC[C@H](CC(=O)NCCOC1OC(CO)C(OCP(=O)(O)O)C(NC(=O)C[C@@H](CCCCCCCCCCC)OC(=O)CCCCCCCCC)C1NC(=O)C[C@@H](CCCCCCCCCCC)OC(=O)CCCCCCCCC)OC(=O)CCCCCCCCC. The Balaban J connectivity index is 3.73. The number of ether oxygens (including phenoxy) is 6. The van der Waals surface area contributed by atoms with Crippen LogP contribution in [0, 0.1) is 0 Å². The number of hydrogen-bond donors (Lipinski definition) is 6. The molecule has 0 aliphatic carbocycles. The van der Waals surface area contributed by atoms with Gasteiger partial charge in [-0.15, -0.1) is 0 Å². The summed E-state index contributed by atoms with van der Waals surface area (Å²) in [6, 6.07) is -2.75. The summed E-state index contributed by atoms with van der Waals surface area (Å²) in [5, 5.41) is 19.9. The molecule has 1 heterocycles. The molecule has 1 fully saturated rings. The third kappa shape index (κ3) is 56.8. The number of esters is 3. The average Bonchev–Trinajstić information content (AvgIpc) is 0.786. The molecule has 0 aromatic rings. The second-order valence-electron chi connectivity index (χ2n) is 29.5. The van der Waals surface area contributed by atoms with Crippen LogP contribution in [0.3, 0.4) is 0 Å². The maximum absolute atomic E-state index is 14.8. The first-order chi connectivity index (χ1) is 49.0. The minimum atomic E-state index is -4.90. The van der Waals surface area contributed by atoms with Gasteiger partial charge in [-0.25, -0.2) is 0 Å². The number of unbranched alkanes of at least 4 members (excludes halogenated alkanes) is 42. The fourth-order valence-electron chi connectivity index (χ4n) is 13.6. The first-order valence-electron chi connectivity index (χ1n) is 42.0. The fourth-order valence-corrected chi connectivity index (χ4v) is 13.9. The third-order valence-corrected chi connectivity index (χ3v) is 20.1. The van der Waals surface area contributed by atoms with Crippen LogP contribution in [0.1, 0.15) is 408 Å². The second kappa shape index (κ2) is 67.4. The van der Waals surface area contributed by atoms with Crippen molar-refractivity contribution < 1.29 is 76.6 Å². The highest BCUT2D eigenvalue weighted by Crippen LogP contribution is 2.37. The molecule has 6 N–H and O–H groups in total.